The van der Waals surface area contributed by atoms with Crippen molar-refractivity contribution in [1.29, 1.82) is 0 Å². The van der Waals surface area contributed by atoms with Crippen LogP contribution in [0.2, 0.25) is 0 Å². The molecule has 1 aliphatic carbocycles. The zero-order chi connectivity index (χ0) is 12.7. The van der Waals surface area contributed by atoms with Crippen molar-refractivity contribution in [2.45, 2.75) is 45.3 Å². The van der Waals surface area contributed by atoms with Crippen LogP contribution >= 0.6 is 0 Å². The topological polar surface area (TPSA) is 27.7 Å². The first-order valence-corrected chi connectivity index (χ1v) is 5.99. The van der Waals surface area contributed by atoms with E-state index in [4.69, 9.17) is 14.0 Å². The quantitative estimate of drug-likeness (QED) is 0.688. The Hall–Kier alpha value is -0.735. The van der Waals surface area contributed by atoms with Crippen molar-refractivity contribution in [3.05, 3.63) is 29.8 Å². The second-order valence-corrected chi connectivity index (χ2v) is 5.51. The highest BCUT2D eigenvalue weighted by Crippen LogP contribution is 2.39. The van der Waals surface area contributed by atoms with Gasteiger partial charge in [-0.05, 0) is 45.7 Å². The predicted octanol–water partition coefficient (Wildman–Crippen LogP) is 2.68. The number of hydrogen-bond donors (Lipinski definition) is 0. The molecule has 0 N–H and O–H groups in total. The van der Waals surface area contributed by atoms with Crippen molar-refractivity contribution in [2.75, 3.05) is 7.11 Å². The lowest BCUT2D eigenvalue weighted by molar-refractivity contribution is 0.00578. The summed E-state index contributed by atoms with van der Waals surface area (Å²) in [5, 5.41) is 0. The van der Waals surface area contributed by atoms with E-state index in [9.17, 15) is 0 Å². The van der Waals surface area contributed by atoms with Gasteiger partial charge in [0.2, 0.25) is 0 Å². The van der Waals surface area contributed by atoms with Crippen molar-refractivity contribution in [2.24, 2.45) is 0 Å². The second kappa shape index (κ2) is 4.18. The molecule has 0 unspecified atom stereocenters. The van der Waals surface area contributed by atoms with Gasteiger partial charge in [0.1, 0.15) is 0 Å². The molecule has 0 spiro atoms. The van der Waals surface area contributed by atoms with E-state index in [1.54, 1.807) is 7.11 Å². The number of rotatable bonds is 2. The first-order valence-electron chi connectivity index (χ1n) is 5.99. The van der Waals surface area contributed by atoms with E-state index in [0.29, 0.717) is 0 Å². The molecule has 0 saturated carbocycles. The number of allylic oxidation sites excluding steroid dienone is 4. The van der Waals surface area contributed by atoms with Gasteiger partial charge in [0.25, 0.3) is 0 Å². The van der Waals surface area contributed by atoms with Crippen molar-refractivity contribution in [3.8, 4) is 0 Å². The van der Waals surface area contributed by atoms with E-state index in [2.05, 4.69) is 27.7 Å². The van der Waals surface area contributed by atoms with Crippen molar-refractivity contribution in [3.63, 3.8) is 0 Å². The van der Waals surface area contributed by atoms with E-state index >= 15 is 0 Å². The zero-order valence-corrected chi connectivity index (χ0v) is 11.2. The maximum Gasteiger partial charge on any atom is 0.490 e. The average molecular weight is 235 g/mol. The highest BCUT2D eigenvalue weighted by molar-refractivity contribution is 6.54. The van der Waals surface area contributed by atoms with Gasteiger partial charge in [0, 0.05) is 6.42 Å². The van der Waals surface area contributed by atoms with Crippen LogP contribution in [0, 0.1) is 6.42 Å². The van der Waals surface area contributed by atoms with Gasteiger partial charge in [0.05, 0.1) is 24.1 Å². The van der Waals surface area contributed by atoms with Crippen LogP contribution in [0.1, 0.15) is 34.1 Å². The van der Waals surface area contributed by atoms with E-state index in [0.717, 1.165) is 17.7 Å². The van der Waals surface area contributed by atoms with Crippen LogP contribution in [0.3, 0.4) is 0 Å². The fourth-order valence-electron chi connectivity index (χ4n) is 1.86. The molecule has 1 fully saturated rings. The first kappa shape index (κ1) is 12.7. The zero-order valence-electron chi connectivity index (χ0n) is 11.2. The maximum atomic E-state index is 5.99. The van der Waals surface area contributed by atoms with Gasteiger partial charge in [-0.3, -0.25) is 0 Å². The molecule has 0 aromatic carbocycles. The maximum absolute atomic E-state index is 5.99. The Bertz CT molecular complexity index is 353. The molecule has 1 radical (unpaired) electrons. The lowest BCUT2D eigenvalue weighted by atomic mass is 9.74. The number of methoxy groups -OCH3 is 1. The van der Waals surface area contributed by atoms with Gasteiger partial charge in [-0.2, -0.15) is 0 Å². The van der Waals surface area contributed by atoms with E-state index in [-0.39, 0.29) is 18.3 Å². The fourth-order valence-corrected chi connectivity index (χ4v) is 1.86. The molecule has 0 atom stereocenters. The molecule has 0 amide bonds. The van der Waals surface area contributed by atoms with Crippen LogP contribution in [0.4, 0.5) is 0 Å². The van der Waals surface area contributed by atoms with Gasteiger partial charge in [0.15, 0.2) is 0 Å². The minimum atomic E-state index is -0.274. The number of hydrogen-bond acceptors (Lipinski definition) is 3. The van der Waals surface area contributed by atoms with Crippen LogP contribution in [0.25, 0.3) is 0 Å². The van der Waals surface area contributed by atoms with Crippen molar-refractivity contribution in [1.82, 2.24) is 0 Å². The van der Waals surface area contributed by atoms with E-state index in [1.165, 1.54) is 0 Å². The smallest absolute Gasteiger partial charge is 0.490 e. The second-order valence-electron chi connectivity index (χ2n) is 5.51. The Morgan fingerprint density at radius 3 is 2.12 bits per heavy atom. The lowest BCUT2D eigenvalue weighted by Crippen LogP contribution is -2.41. The Morgan fingerprint density at radius 1 is 1.12 bits per heavy atom. The summed E-state index contributed by atoms with van der Waals surface area (Å²) in [6.45, 7) is 8.26. The molecule has 2 aliphatic rings. The molecule has 1 saturated heterocycles. The highest BCUT2D eigenvalue weighted by Gasteiger charge is 2.52. The summed E-state index contributed by atoms with van der Waals surface area (Å²) in [5.41, 5.74) is 0.595. The van der Waals surface area contributed by atoms with Crippen LogP contribution in [0.15, 0.2) is 23.4 Å². The van der Waals surface area contributed by atoms with Crippen LogP contribution < -0.4 is 0 Å². The molecule has 93 valence electrons. The average Bonchev–Trinajstić information content (AvgIpc) is 2.48. The SMILES string of the molecule is COC1=CC=C(B2OC(C)(C)C(C)(C)O2)C[CH]1. The van der Waals surface area contributed by atoms with Gasteiger partial charge in [-0.1, -0.05) is 6.08 Å². The van der Waals surface area contributed by atoms with Crippen LogP contribution in [-0.2, 0) is 14.0 Å². The molecular formula is C13H20BO3. The molecule has 3 nitrogen and oxygen atoms in total. The van der Waals surface area contributed by atoms with Crippen LogP contribution in [0.5, 0.6) is 0 Å². The summed E-state index contributed by atoms with van der Waals surface area (Å²) < 4.78 is 17.1. The molecule has 0 bridgehead atoms. The van der Waals surface area contributed by atoms with Crippen molar-refractivity contribution < 1.29 is 14.0 Å². The predicted molar refractivity (Wildman–Crippen MR) is 68.2 cm³/mol. The fraction of sp³-hybridized carbons (Fsp3) is 0.615. The number of ether oxygens (including phenoxy) is 1. The molecule has 1 aliphatic heterocycles. The minimum Gasteiger partial charge on any atom is -0.501 e. The lowest BCUT2D eigenvalue weighted by Gasteiger charge is -2.32. The van der Waals surface area contributed by atoms with Crippen molar-refractivity contribution >= 4 is 7.12 Å². The molecule has 17 heavy (non-hydrogen) atoms. The Balaban J connectivity index is 2.12. The Kier molecular flexibility index (Phi) is 3.13. The summed E-state index contributed by atoms with van der Waals surface area (Å²) in [6, 6.07) is 0. The molecule has 2 rings (SSSR count). The van der Waals surface area contributed by atoms with E-state index < -0.39 is 0 Å². The standard InChI is InChI=1S/C13H20BO3/c1-12(2)13(3,4)17-14(16-12)10-6-8-11(15-5)9-7-10/h6,8-9H,7H2,1-5H3. The summed E-state index contributed by atoms with van der Waals surface area (Å²) in [6.07, 6.45) is 6.84. The summed E-state index contributed by atoms with van der Waals surface area (Å²) >= 11 is 0. The third-order valence-electron chi connectivity index (χ3n) is 3.79. The first-order chi connectivity index (χ1) is 7.86. The molecule has 0 aromatic rings. The Morgan fingerprint density at radius 2 is 1.71 bits per heavy atom. The highest BCUT2D eigenvalue weighted by atomic mass is 16.7. The van der Waals surface area contributed by atoms with Gasteiger partial charge in [-0.25, -0.2) is 0 Å². The van der Waals surface area contributed by atoms with E-state index in [1.807, 2.05) is 18.6 Å². The summed E-state index contributed by atoms with van der Waals surface area (Å²) in [5.74, 6) is 0.894. The third kappa shape index (κ3) is 2.29. The Labute approximate surface area is 104 Å². The summed E-state index contributed by atoms with van der Waals surface area (Å²) in [4.78, 5) is 0. The normalized spacial score (nSPS) is 26.5. The largest absolute Gasteiger partial charge is 0.501 e. The van der Waals surface area contributed by atoms with Crippen LogP contribution in [-0.4, -0.2) is 25.4 Å². The molecule has 1 heterocycles. The van der Waals surface area contributed by atoms with Gasteiger partial charge < -0.3 is 14.0 Å². The summed E-state index contributed by atoms with van der Waals surface area (Å²) in [7, 11) is 1.43. The minimum absolute atomic E-state index is 0.245. The van der Waals surface area contributed by atoms with Gasteiger partial charge in [-0.15, -0.1) is 0 Å². The van der Waals surface area contributed by atoms with Gasteiger partial charge >= 0.3 is 7.12 Å². The molecular weight excluding hydrogens is 215 g/mol. The molecule has 0 aromatic heterocycles. The monoisotopic (exact) mass is 235 g/mol. The third-order valence-corrected chi connectivity index (χ3v) is 3.79. The molecule has 4 heteroatoms.